The van der Waals surface area contributed by atoms with E-state index < -0.39 is 0 Å². The summed E-state index contributed by atoms with van der Waals surface area (Å²) >= 11 is 5.12. The zero-order chi connectivity index (χ0) is 15.1. The average molecular weight is 294 g/mol. The maximum atomic E-state index is 11.5. The standard InChI is InChI=1S/C14H22N4OS/c1-10-5-6-12(9-11(10)2)15-14(20)17-16-13(19)7-8-18(3)4/h5-6,9H,7-8H2,1-4H3,(H,16,19)(H2,15,17,20). The first-order valence-electron chi connectivity index (χ1n) is 6.46. The highest BCUT2D eigenvalue weighted by atomic mass is 32.1. The highest BCUT2D eigenvalue weighted by molar-refractivity contribution is 7.80. The van der Waals surface area contributed by atoms with Gasteiger partial charge in [0.05, 0.1) is 0 Å². The van der Waals surface area contributed by atoms with E-state index in [1.54, 1.807) is 0 Å². The lowest BCUT2D eigenvalue weighted by Crippen LogP contribution is -2.44. The lowest BCUT2D eigenvalue weighted by molar-refractivity contribution is -0.121. The molecule has 0 saturated heterocycles. The van der Waals surface area contributed by atoms with E-state index in [9.17, 15) is 4.79 Å². The molecule has 0 aliphatic rings. The smallest absolute Gasteiger partial charge is 0.239 e. The van der Waals surface area contributed by atoms with E-state index in [4.69, 9.17) is 12.2 Å². The Morgan fingerprint density at radius 2 is 1.90 bits per heavy atom. The summed E-state index contributed by atoms with van der Waals surface area (Å²) in [5, 5.41) is 3.39. The van der Waals surface area contributed by atoms with Crippen molar-refractivity contribution in [2.45, 2.75) is 20.3 Å². The highest BCUT2D eigenvalue weighted by Gasteiger charge is 2.03. The third kappa shape index (κ3) is 5.99. The molecular formula is C14H22N4OS. The van der Waals surface area contributed by atoms with Gasteiger partial charge in [0.15, 0.2) is 5.11 Å². The monoisotopic (exact) mass is 294 g/mol. The van der Waals surface area contributed by atoms with Crippen LogP contribution in [0.1, 0.15) is 17.5 Å². The zero-order valence-electron chi connectivity index (χ0n) is 12.4. The summed E-state index contributed by atoms with van der Waals surface area (Å²) in [5.41, 5.74) is 8.57. The van der Waals surface area contributed by atoms with Gasteiger partial charge in [0.2, 0.25) is 5.91 Å². The van der Waals surface area contributed by atoms with E-state index in [1.165, 1.54) is 11.1 Å². The molecule has 1 aromatic carbocycles. The largest absolute Gasteiger partial charge is 0.331 e. The van der Waals surface area contributed by atoms with Crippen molar-refractivity contribution < 1.29 is 4.79 Å². The number of thiocarbonyl (C=S) groups is 1. The number of aryl methyl sites for hydroxylation is 2. The number of carbonyl (C=O) groups excluding carboxylic acids is 1. The van der Waals surface area contributed by atoms with Gasteiger partial charge in [-0.2, -0.15) is 0 Å². The Morgan fingerprint density at radius 3 is 2.50 bits per heavy atom. The van der Waals surface area contributed by atoms with Gasteiger partial charge < -0.3 is 10.2 Å². The maximum absolute atomic E-state index is 11.5. The second kappa shape index (κ2) is 7.81. The predicted molar refractivity (Wildman–Crippen MR) is 86.6 cm³/mol. The van der Waals surface area contributed by atoms with Crippen LogP contribution in [0.25, 0.3) is 0 Å². The molecule has 0 aromatic heterocycles. The normalized spacial score (nSPS) is 10.2. The van der Waals surface area contributed by atoms with Gasteiger partial charge in [0, 0.05) is 18.7 Å². The summed E-state index contributed by atoms with van der Waals surface area (Å²) in [5.74, 6) is -0.0945. The number of hydrogen-bond donors (Lipinski definition) is 3. The molecule has 1 rings (SSSR count). The Bertz CT molecular complexity index is 488. The number of nitrogens with zero attached hydrogens (tertiary/aromatic N) is 1. The first-order chi connectivity index (χ1) is 9.38. The molecule has 1 aromatic rings. The molecule has 110 valence electrons. The van der Waals surface area contributed by atoms with Crippen molar-refractivity contribution in [3.05, 3.63) is 29.3 Å². The predicted octanol–water partition coefficient (Wildman–Crippen LogP) is 1.57. The molecule has 1 amide bonds. The molecule has 3 N–H and O–H groups in total. The van der Waals surface area contributed by atoms with Gasteiger partial charge in [-0.1, -0.05) is 6.07 Å². The van der Waals surface area contributed by atoms with Crippen LogP contribution in [0.15, 0.2) is 18.2 Å². The first-order valence-corrected chi connectivity index (χ1v) is 6.87. The quantitative estimate of drug-likeness (QED) is 0.581. The topological polar surface area (TPSA) is 56.4 Å². The van der Waals surface area contributed by atoms with Crippen LogP contribution in [0.4, 0.5) is 5.69 Å². The number of hydrazine groups is 1. The second-order valence-electron chi connectivity index (χ2n) is 4.98. The number of amides is 1. The fraction of sp³-hybridized carbons (Fsp3) is 0.429. The number of benzene rings is 1. The van der Waals surface area contributed by atoms with Crippen LogP contribution in [-0.2, 0) is 4.79 Å². The third-order valence-corrected chi connectivity index (χ3v) is 3.07. The van der Waals surface area contributed by atoms with Crippen LogP contribution in [0, 0.1) is 13.8 Å². The minimum atomic E-state index is -0.0945. The van der Waals surface area contributed by atoms with Crippen LogP contribution in [0.3, 0.4) is 0 Å². The van der Waals surface area contributed by atoms with E-state index in [1.807, 2.05) is 44.1 Å². The Morgan fingerprint density at radius 1 is 1.20 bits per heavy atom. The maximum Gasteiger partial charge on any atom is 0.239 e. The van der Waals surface area contributed by atoms with E-state index in [0.717, 1.165) is 5.69 Å². The molecular weight excluding hydrogens is 272 g/mol. The van der Waals surface area contributed by atoms with Gasteiger partial charge in [-0.25, -0.2) is 0 Å². The van der Waals surface area contributed by atoms with E-state index in [2.05, 4.69) is 23.1 Å². The van der Waals surface area contributed by atoms with Crippen LogP contribution < -0.4 is 16.2 Å². The molecule has 0 heterocycles. The van der Waals surface area contributed by atoms with Gasteiger partial charge in [0.25, 0.3) is 0 Å². The molecule has 5 nitrogen and oxygen atoms in total. The minimum absolute atomic E-state index is 0.0945. The summed E-state index contributed by atoms with van der Waals surface area (Å²) in [6.45, 7) is 4.80. The molecule has 0 radical (unpaired) electrons. The van der Waals surface area contributed by atoms with Gasteiger partial charge in [-0.05, 0) is 63.4 Å². The molecule has 0 saturated carbocycles. The molecule has 0 fully saturated rings. The first kappa shape index (κ1) is 16.4. The molecule has 0 aliphatic heterocycles. The molecule has 20 heavy (non-hydrogen) atoms. The van der Waals surface area contributed by atoms with Crippen molar-refractivity contribution >= 4 is 28.9 Å². The van der Waals surface area contributed by atoms with Crippen molar-refractivity contribution in [2.24, 2.45) is 0 Å². The fourth-order valence-electron chi connectivity index (χ4n) is 1.50. The molecule has 6 heteroatoms. The molecule has 0 bridgehead atoms. The van der Waals surface area contributed by atoms with Gasteiger partial charge >= 0.3 is 0 Å². The third-order valence-electron chi connectivity index (χ3n) is 2.87. The Hall–Kier alpha value is -1.66. The Labute approximate surface area is 125 Å². The number of nitrogens with one attached hydrogen (secondary N) is 3. The zero-order valence-corrected chi connectivity index (χ0v) is 13.2. The van der Waals surface area contributed by atoms with Gasteiger partial charge in [0.1, 0.15) is 0 Å². The highest BCUT2D eigenvalue weighted by Crippen LogP contribution is 2.13. The number of anilines is 1. The van der Waals surface area contributed by atoms with Crippen molar-refractivity contribution in [3.8, 4) is 0 Å². The van der Waals surface area contributed by atoms with Crippen molar-refractivity contribution in [1.29, 1.82) is 0 Å². The van der Waals surface area contributed by atoms with E-state index >= 15 is 0 Å². The summed E-state index contributed by atoms with van der Waals surface area (Å²) in [6.07, 6.45) is 0.423. The number of carbonyl (C=O) groups is 1. The molecule has 0 unspecified atom stereocenters. The Balaban J connectivity index is 2.36. The average Bonchev–Trinajstić information content (AvgIpc) is 2.38. The summed E-state index contributed by atoms with van der Waals surface area (Å²) in [6, 6.07) is 5.98. The van der Waals surface area contributed by atoms with Crippen LogP contribution in [0.5, 0.6) is 0 Å². The van der Waals surface area contributed by atoms with Crippen molar-refractivity contribution in [3.63, 3.8) is 0 Å². The lowest BCUT2D eigenvalue weighted by atomic mass is 10.1. The van der Waals surface area contributed by atoms with Crippen LogP contribution >= 0.6 is 12.2 Å². The SMILES string of the molecule is Cc1ccc(NC(=S)NNC(=O)CCN(C)C)cc1C. The van der Waals surface area contributed by atoms with Gasteiger partial charge in [-0.3, -0.25) is 15.6 Å². The number of hydrogen-bond acceptors (Lipinski definition) is 3. The van der Waals surface area contributed by atoms with Crippen molar-refractivity contribution in [2.75, 3.05) is 26.0 Å². The summed E-state index contributed by atoms with van der Waals surface area (Å²) < 4.78 is 0. The molecule has 0 aliphatic carbocycles. The minimum Gasteiger partial charge on any atom is -0.331 e. The number of rotatable bonds is 4. The second-order valence-corrected chi connectivity index (χ2v) is 5.39. The fourth-order valence-corrected chi connectivity index (χ4v) is 1.66. The Kier molecular flexibility index (Phi) is 6.41. The van der Waals surface area contributed by atoms with E-state index in [-0.39, 0.29) is 5.91 Å². The summed E-state index contributed by atoms with van der Waals surface area (Å²) in [4.78, 5) is 13.5. The lowest BCUT2D eigenvalue weighted by Gasteiger charge is -2.13. The van der Waals surface area contributed by atoms with Crippen LogP contribution in [0.2, 0.25) is 0 Å². The van der Waals surface area contributed by atoms with Gasteiger partial charge in [-0.15, -0.1) is 0 Å². The van der Waals surface area contributed by atoms with Crippen LogP contribution in [-0.4, -0.2) is 36.6 Å². The summed E-state index contributed by atoms with van der Waals surface area (Å²) in [7, 11) is 3.85. The van der Waals surface area contributed by atoms with E-state index in [0.29, 0.717) is 18.1 Å². The molecule has 0 atom stereocenters. The van der Waals surface area contributed by atoms with Crippen molar-refractivity contribution in [1.82, 2.24) is 15.8 Å². The molecule has 0 spiro atoms.